The third-order valence-electron chi connectivity index (χ3n) is 3.99. The average Bonchev–Trinajstić information content (AvgIpc) is 3.23. The Morgan fingerprint density at radius 3 is 2.40 bits per heavy atom. The van der Waals surface area contributed by atoms with E-state index in [9.17, 15) is 13.2 Å². The molecule has 0 unspecified atom stereocenters. The van der Waals surface area contributed by atoms with E-state index in [0.29, 0.717) is 32.5 Å². The Balaban J connectivity index is 1.64. The Labute approximate surface area is 121 Å². The molecule has 1 aliphatic carbocycles. The molecule has 0 aromatic heterocycles. The summed E-state index contributed by atoms with van der Waals surface area (Å²) in [6, 6.07) is 0.105. The van der Waals surface area contributed by atoms with E-state index in [1.807, 2.05) is 0 Å². The highest BCUT2D eigenvalue weighted by Crippen LogP contribution is 2.27. The normalized spacial score (nSPS) is 21.9. The van der Waals surface area contributed by atoms with Gasteiger partial charge in [0.2, 0.25) is 15.9 Å². The zero-order valence-corrected chi connectivity index (χ0v) is 12.9. The lowest BCUT2D eigenvalue weighted by Crippen LogP contribution is -2.48. The molecule has 7 heteroatoms. The zero-order valence-electron chi connectivity index (χ0n) is 12.1. The molecule has 1 aliphatic heterocycles. The first-order valence-electron chi connectivity index (χ1n) is 7.49. The van der Waals surface area contributed by atoms with Crippen LogP contribution in [0.25, 0.3) is 0 Å². The lowest BCUT2D eigenvalue weighted by molar-refractivity contribution is -0.121. The molecule has 0 aromatic rings. The van der Waals surface area contributed by atoms with E-state index in [4.69, 9.17) is 0 Å². The summed E-state index contributed by atoms with van der Waals surface area (Å²) in [6.07, 6.45) is 3.96. The first kappa shape index (κ1) is 15.7. The van der Waals surface area contributed by atoms with E-state index in [-0.39, 0.29) is 17.7 Å². The van der Waals surface area contributed by atoms with Gasteiger partial charge in [-0.25, -0.2) is 12.7 Å². The predicted octanol–water partition coefficient (Wildman–Crippen LogP) is -0.0837. The van der Waals surface area contributed by atoms with Crippen LogP contribution in [-0.4, -0.2) is 56.6 Å². The van der Waals surface area contributed by atoms with Crippen molar-refractivity contribution in [1.82, 2.24) is 14.9 Å². The van der Waals surface area contributed by atoms with Gasteiger partial charge in [0.25, 0.3) is 0 Å². The third kappa shape index (κ3) is 4.71. The molecule has 1 heterocycles. The minimum absolute atomic E-state index is 0.0162. The molecule has 0 aromatic carbocycles. The van der Waals surface area contributed by atoms with E-state index >= 15 is 0 Å². The van der Waals surface area contributed by atoms with Crippen LogP contribution in [0, 0.1) is 5.92 Å². The number of nitrogens with one attached hydrogen (secondary N) is 2. The summed E-state index contributed by atoms with van der Waals surface area (Å²) < 4.78 is 25.0. The second-order valence-electron chi connectivity index (χ2n) is 5.72. The van der Waals surface area contributed by atoms with Crippen molar-refractivity contribution in [2.24, 2.45) is 5.92 Å². The van der Waals surface area contributed by atoms with Gasteiger partial charge in [0.15, 0.2) is 0 Å². The fraction of sp³-hybridized carbons (Fsp3) is 0.923. The highest BCUT2D eigenvalue weighted by atomic mass is 32.2. The zero-order chi connectivity index (χ0) is 14.6. The number of carbonyl (C=O) groups is 1. The Morgan fingerprint density at radius 2 is 1.85 bits per heavy atom. The van der Waals surface area contributed by atoms with E-state index < -0.39 is 10.0 Å². The number of piperidine rings is 1. The van der Waals surface area contributed by atoms with Gasteiger partial charge in [-0.3, -0.25) is 4.79 Å². The third-order valence-corrected chi connectivity index (χ3v) is 5.87. The monoisotopic (exact) mass is 303 g/mol. The maximum atomic E-state index is 11.7. The van der Waals surface area contributed by atoms with Crippen molar-refractivity contribution in [2.75, 3.05) is 31.9 Å². The molecular formula is C13H25N3O3S. The smallest absolute Gasteiger partial charge is 0.234 e. The standard InChI is InChI=1S/C13H25N3O3S/c1-2-20(18,19)16-7-5-12(6-8-16)15-13(17)10-14-9-11-3-4-11/h11-12,14H,2-10H2,1H3,(H,15,17). The number of nitrogens with zero attached hydrogens (tertiary/aromatic N) is 1. The Kier molecular flexibility index (Phi) is 5.40. The molecule has 1 amide bonds. The Bertz CT molecular complexity index is 426. The van der Waals surface area contributed by atoms with Crippen molar-refractivity contribution in [1.29, 1.82) is 0 Å². The highest BCUT2D eigenvalue weighted by Gasteiger charge is 2.27. The highest BCUT2D eigenvalue weighted by molar-refractivity contribution is 7.89. The van der Waals surface area contributed by atoms with Gasteiger partial charge in [-0.15, -0.1) is 0 Å². The average molecular weight is 303 g/mol. The van der Waals surface area contributed by atoms with Crippen molar-refractivity contribution in [3.63, 3.8) is 0 Å². The molecule has 2 N–H and O–H groups in total. The maximum Gasteiger partial charge on any atom is 0.234 e. The lowest BCUT2D eigenvalue weighted by atomic mass is 10.1. The lowest BCUT2D eigenvalue weighted by Gasteiger charge is -2.31. The first-order chi connectivity index (χ1) is 9.51. The predicted molar refractivity (Wildman–Crippen MR) is 77.8 cm³/mol. The van der Waals surface area contributed by atoms with Crippen molar-refractivity contribution in [3.8, 4) is 0 Å². The molecule has 1 saturated carbocycles. The maximum absolute atomic E-state index is 11.7. The number of amides is 1. The fourth-order valence-electron chi connectivity index (χ4n) is 2.45. The van der Waals surface area contributed by atoms with Crippen LogP contribution in [0.3, 0.4) is 0 Å². The number of rotatable bonds is 7. The second kappa shape index (κ2) is 6.87. The van der Waals surface area contributed by atoms with Crippen LogP contribution in [0.1, 0.15) is 32.6 Å². The van der Waals surface area contributed by atoms with Gasteiger partial charge >= 0.3 is 0 Å². The van der Waals surface area contributed by atoms with Crippen molar-refractivity contribution in [2.45, 2.75) is 38.6 Å². The van der Waals surface area contributed by atoms with Gasteiger partial charge in [0, 0.05) is 19.1 Å². The van der Waals surface area contributed by atoms with Crippen LogP contribution in [0.4, 0.5) is 0 Å². The minimum atomic E-state index is -3.08. The molecule has 0 radical (unpaired) electrons. The summed E-state index contributed by atoms with van der Waals surface area (Å²) in [6.45, 7) is 3.98. The molecule has 2 fully saturated rings. The molecular weight excluding hydrogens is 278 g/mol. The van der Waals surface area contributed by atoms with E-state index in [1.54, 1.807) is 6.92 Å². The first-order valence-corrected chi connectivity index (χ1v) is 9.10. The van der Waals surface area contributed by atoms with E-state index in [2.05, 4.69) is 10.6 Å². The molecule has 116 valence electrons. The molecule has 2 rings (SSSR count). The van der Waals surface area contributed by atoms with Crippen molar-refractivity contribution >= 4 is 15.9 Å². The van der Waals surface area contributed by atoms with Crippen LogP contribution in [0.2, 0.25) is 0 Å². The van der Waals surface area contributed by atoms with Gasteiger partial charge in [-0.1, -0.05) is 0 Å². The minimum Gasteiger partial charge on any atom is -0.352 e. The number of hydrogen-bond acceptors (Lipinski definition) is 4. The van der Waals surface area contributed by atoms with Crippen LogP contribution >= 0.6 is 0 Å². The summed E-state index contributed by atoms with van der Waals surface area (Å²) in [5.74, 6) is 0.933. The summed E-state index contributed by atoms with van der Waals surface area (Å²) in [7, 11) is -3.08. The molecule has 2 aliphatic rings. The van der Waals surface area contributed by atoms with Gasteiger partial charge in [-0.05, 0) is 45.1 Å². The second-order valence-corrected chi connectivity index (χ2v) is 7.97. The summed E-state index contributed by atoms with van der Waals surface area (Å²) >= 11 is 0. The van der Waals surface area contributed by atoms with E-state index in [0.717, 1.165) is 12.5 Å². The number of hydrogen-bond donors (Lipinski definition) is 2. The Hall–Kier alpha value is -0.660. The summed E-state index contributed by atoms with van der Waals surface area (Å²) in [5, 5.41) is 6.14. The van der Waals surface area contributed by atoms with Gasteiger partial charge < -0.3 is 10.6 Å². The van der Waals surface area contributed by atoms with Crippen LogP contribution < -0.4 is 10.6 Å². The topological polar surface area (TPSA) is 78.5 Å². The molecule has 20 heavy (non-hydrogen) atoms. The van der Waals surface area contributed by atoms with Crippen LogP contribution in [0.5, 0.6) is 0 Å². The molecule has 0 spiro atoms. The van der Waals surface area contributed by atoms with E-state index in [1.165, 1.54) is 17.1 Å². The molecule has 0 bridgehead atoms. The summed E-state index contributed by atoms with van der Waals surface area (Å²) in [4.78, 5) is 11.7. The van der Waals surface area contributed by atoms with Crippen LogP contribution in [-0.2, 0) is 14.8 Å². The number of carbonyl (C=O) groups excluding carboxylic acids is 1. The van der Waals surface area contributed by atoms with Gasteiger partial charge in [0.1, 0.15) is 0 Å². The fourth-order valence-corrected chi connectivity index (χ4v) is 3.58. The summed E-state index contributed by atoms with van der Waals surface area (Å²) in [5.41, 5.74) is 0. The van der Waals surface area contributed by atoms with Gasteiger partial charge in [0.05, 0.1) is 12.3 Å². The Morgan fingerprint density at radius 1 is 1.20 bits per heavy atom. The molecule has 0 atom stereocenters. The van der Waals surface area contributed by atoms with Gasteiger partial charge in [-0.2, -0.15) is 0 Å². The SMILES string of the molecule is CCS(=O)(=O)N1CCC(NC(=O)CNCC2CC2)CC1. The van der Waals surface area contributed by atoms with Crippen molar-refractivity contribution in [3.05, 3.63) is 0 Å². The largest absolute Gasteiger partial charge is 0.352 e. The molecule has 1 saturated heterocycles. The quantitative estimate of drug-likeness (QED) is 0.689. The van der Waals surface area contributed by atoms with Crippen molar-refractivity contribution < 1.29 is 13.2 Å². The van der Waals surface area contributed by atoms with Crippen LogP contribution in [0.15, 0.2) is 0 Å². The number of sulfonamides is 1. The molecule has 6 nitrogen and oxygen atoms in total.